The summed E-state index contributed by atoms with van der Waals surface area (Å²) < 4.78 is 3.95. The lowest BCUT2D eigenvalue weighted by Crippen LogP contribution is -2.33. The highest BCUT2D eigenvalue weighted by molar-refractivity contribution is 5.80. The zero-order valence-corrected chi connectivity index (χ0v) is 17.3. The van der Waals surface area contributed by atoms with Crippen LogP contribution < -0.4 is 5.32 Å². The fourth-order valence-corrected chi connectivity index (χ4v) is 4.41. The number of imidazole rings is 1. The van der Waals surface area contributed by atoms with E-state index in [1.807, 2.05) is 35.0 Å². The number of hydrogen-bond donors (Lipinski definition) is 1. The van der Waals surface area contributed by atoms with Gasteiger partial charge in [-0.15, -0.1) is 0 Å². The van der Waals surface area contributed by atoms with Crippen molar-refractivity contribution < 1.29 is 4.79 Å². The number of rotatable bonds is 4. The molecule has 0 bridgehead atoms. The van der Waals surface area contributed by atoms with Crippen LogP contribution in [-0.2, 0) is 17.8 Å². The molecule has 1 N–H and O–H groups in total. The summed E-state index contributed by atoms with van der Waals surface area (Å²) in [6.07, 6.45) is 6.59. The molecule has 0 radical (unpaired) electrons. The Morgan fingerprint density at radius 2 is 2.03 bits per heavy atom. The minimum absolute atomic E-state index is 0.00418. The van der Waals surface area contributed by atoms with E-state index in [9.17, 15) is 4.79 Å². The molecule has 1 atom stereocenters. The van der Waals surface area contributed by atoms with Gasteiger partial charge < -0.3 is 9.88 Å². The van der Waals surface area contributed by atoms with Crippen LogP contribution in [0, 0.1) is 13.8 Å². The third-order valence-electron chi connectivity index (χ3n) is 6.16. The molecule has 152 valence electrons. The molecule has 0 aliphatic heterocycles. The monoisotopic (exact) mass is 399 g/mol. The van der Waals surface area contributed by atoms with Gasteiger partial charge in [-0.3, -0.25) is 4.79 Å². The molecule has 4 aromatic rings. The highest BCUT2D eigenvalue weighted by Gasteiger charge is 2.26. The van der Waals surface area contributed by atoms with Crippen molar-refractivity contribution >= 4 is 16.9 Å². The van der Waals surface area contributed by atoms with Gasteiger partial charge in [0.2, 0.25) is 5.91 Å². The molecule has 1 amide bonds. The SMILES string of the molecule is Cc1cccc(-n2ncc3c2CCCC3NC(=O)Cn2cnc3ccccc32)c1C. The molecule has 2 aromatic heterocycles. The van der Waals surface area contributed by atoms with Crippen LogP contribution in [0.15, 0.2) is 55.0 Å². The fraction of sp³-hybridized carbons (Fsp3) is 0.292. The van der Waals surface area contributed by atoms with Crippen LogP contribution in [0.1, 0.15) is 41.3 Å². The van der Waals surface area contributed by atoms with Gasteiger partial charge >= 0.3 is 0 Å². The molecule has 0 fully saturated rings. The minimum atomic E-state index is -0.00472. The lowest BCUT2D eigenvalue weighted by atomic mass is 9.92. The normalized spacial score (nSPS) is 15.9. The summed E-state index contributed by atoms with van der Waals surface area (Å²) in [5.41, 5.74) is 7.82. The van der Waals surface area contributed by atoms with Gasteiger partial charge in [0, 0.05) is 11.3 Å². The molecule has 0 spiro atoms. The summed E-state index contributed by atoms with van der Waals surface area (Å²) in [7, 11) is 0. The molecule has 30 heavy (non-hydrogen) atoms. The van der Waals surface area contributed by atoms with Crippen LogP contribution in [0.5, 0.6) is 0 Å². The predicted molar refractivity (Wildman–Crippen MR) is 117 cm³/mol. The fourth-order valence-electron chi connectivity index (χ4n) is 4.41. The van der Waals surface area contributed by atoms with Crippen LogP contribution >= 0.6 is 0 Å². The Morgan fingerprint density at radius 3 is 2.93 bits per heavy atom. The van der Waals surface area contributed by atoms with Gasteiger partial charge in [-0.05, 0) is 62.4 Å². The van der Waals surface area contributed by atoms with Gasteiger partial charge in [0.25, 0.3) is 0 Å². The van der Waals surface area contributed by atoms with Gasteiger partial charge in [-0.1, -0.05) is 24.3 Å². The van der Waals surface area contributed by atoms with E-state index in [-0.39, 0.29) is 18.5 Å². The highest BCUT2D eigenvalue weighted by atomic mass is 16.2. The third-order valence-corrected chi connectivity index (χ3v) is 6.16. The summed E-state index contributed by atoms with van der Waals surface area (Å²) in [6.45, 7) is 4.52. The summed E-state index contributed by atoms with van der Waals surface area (Å²) >= 11 is 0. The Balaban J connectivity index is 1.38. The standard InChI is InChI=1S/C24H25N5O/c1-16-7-5-11-21(17(16)2)29-22-12-6-9-19(18(22)13-26-29)27-24(30)14-28-15-25-20-8-3-4-10-23(20)28/h3-5,7-8,10-11,13,15,19H,6,9,12,14H2,1-2H3,(H,27,30). The predicted octanol–water partition coefficient (Wildman–Crippen LogP) is 4.03. The second-order valence-electron chi connectivity index (χ2n) is 8.05. The summed E-state index contributed by atoms with van der Waals surface area (Å²) in [6, 6.07) is 14.2. The molecule has 0 saturated heterocycles. The summed E-state index contributed by atoms with van der Waals surface area (Å²) in [5, 5.41) is 7.92. The summed E-state index contributed by atoms with van der Waals surface area (Å²) in [4.78, 5) is 17.2. The van der Waals surface area contributed by atoms with Crippen molar-refractivity contribution in [2.45, 2.75) is 45.7 Å². The topological polar surface area (TPSA) is 64.7 Å². The molecular weight excluding hydrogens is 374 g/mol. The van der Waals surface area contributed by atoms with Crippen molar-refractivity contribution in [1.82, 2.24) is 24.6 Å². The first kappa shape index (κ1) is 18.6. The van der Waals surface area contributed by atoms with E-state index in [1.165, 1.54) is 16.8 Å². The van der Waals surface area contributed by atoms with Gasteiger partial charge in [0.15, 0.2) is 0 Å². The lowest BCUT2D eigenvalue weighted by molar-refractivity contribution is -0.122. The number of fused-ring (bicyclic) bond motifs is 2. The second-order valence-corrected chi connectivity index (χ2v) is 8.05. The van der Waals surface area contributed by atoms with E-state index < -0.39 is 0 Å². The number of nitrogens with zero attached hydrogens (tertiary/aromatic N) is 4. The average Bonchev–Trinajstić information content (AvgIpc) is 3.35. The van der Waals surface area contributed by atoms with E-state index in [1.54, 1.807) is 6.33 Å². The first-order valence-electron chi connectivity index (χ1n) is 10.4. The van der Waals surface area contributed by atoms with Crippen LogP contribution in [0.3, 0.4) is 0 Å². The zero-order chi connectivity index (χ0) is 20.7. The van der Waals surface area contributed by atoms with Crippen molar-refractivity contribution in [2.24, 2.45) is 0 Å². The van der Waals surface area contributed by atoms with Gasteiger partial charge in [-0.25, -0.2) is 9.67 Å². The van der Waals surface area contributed by atoms with Crippen molar-refractivity contribution in [1.29, 1.82) is 0 Å². The maximum atomic E-state index is 12.8. The molecule has 1 aliphatic rings. The molecule has 0 saturated carbocycles. The molecule has 6 heteroatoms. The first-order chi connectivity index (χ1) is 14.6. The van der Waals surface area contributed by atoms with Crippen LogP contribution in [-0.4, -0.2) is 25.2 Å². The number of aryl methyl sites for hydroxylation is 1. The van der Waals surface area contributed by atoms with Gasteiger partial charge in [0.1, 0.15) is 6.54 Å². The van der Waals surface area contributed by atoms with Crippen LogP contribution in [0.25, 0.3) is 16.7 Å². The Kier molecular flexibility index (Phi) is 4.62. The smallest absolute Gasteiger partial charge is 0.240 e. The Morgan fingerprint density at radius 1 is 1.17 bits per heavy atom. The zero-order valence-electron chi connectivity index (χ0n) is 17.3. The average molecular weight is 399 g/mol. The van der Waals surface area contributed by atoms with Crippen molar-refractivity contribution in [2.75, 3.05) is 0 Å². The third kappa shape index (κ3) is 3.18. The number of para-hydroxylation sites is 2. The van der Waals surface area contributed by atoms with E-state index in [2.05, 4.69) is 47.0 Å². The largest absolute Gasteiger partial charge is 0.348 e. The van der Waals surface area contributed by atoms with Crippen molar-refractivity contribution in [3.8, 4) is 5.69 Å². The number of benzene rings is 2. The minimum Gasteiger partial charge on any atom is -0.348 e. The van der Waals surface area contributed by atoms with E-state index in [0.29, 0.717) is 0 Å². The maximum Gasteiger partial charge on any atom is 0.240 e. The maximum absolute atomic E-state index is 12.8. The van der Waals surface area contributed by atoms with Crippen molar-refractivity contribution in [3.05, 3.63) is 77.4 Å². The van der Waals surface area contributed by atoms with E-state index >= 15 is 0 Å². The molecular formula is C24H25N5O. The van der Waals surface area contributed by atoms with Crippen LogP contribution in [0.4, 0.5) is 0 Å². The second kappa shape index (κ2) is 7.44. The molecule has 5 rings (SSSR count). The quantitative estimate of drug-likeness (QED) is 0.563. The first-order valence-corrected chi connectivity index (χ1v) is 10.4. The number of carbonyl (C=O) groups is 1. The van der Waals surface area contributed by atoms with Gasteiger partial charge in [-0.2, -0.15) is 5.10 Å². The lowest BCUT2D eigenvalue weighted by Gasteiger charge is -2.24. The van der Waals surface area contributed by atoms with E-state index in [4.69, 9.17) is 5.10 Å². The Bertz CT molecular complexity index is 1240. The summed E-state index contributed by atoms with van der Waals surface area (Å²) in [5.74, 6) is -0.00418. The van der Waals surface area contributed by atoms with Crippen molar-refractivity contribution in [3.63, 3.8) is 0 Å². The molecule has 6 nitrogen and oxygen atoms in total. The Hall–Kier alpha value is -3.41. The van der Waals surface area contributed by atoms with E-state index in [0.717, 1.165) is 41.5 Å². The molecule has 2 heterocycles. The number of carbonyl (C=O) groups excluding carboxylic acids is 1. The molecule has 1 aliphatic carbocycles. The number of aromatic nitrogens is 4. The number of nitrogens with one attached hydrogen (secondary N) is 1. The van der Waals surface area contributed by atoms with Crippen LogP contribution in [0.2, 0.25) is 0 Å². The highest BCUT2D eigenvalue weighted by Crippen LogP contribution is 2.32. The number of amides is 1. The Labute approximate surface area is 175 Å². The molecule has 2 aromatic carbocycles. The van der Waals surface area contributed by atoms with Gasteiger partial charge in [0.05, 0.1) is 35.3 Å². The number of hydrogen-bond acceptors (Lipinski definition) is 3. The molecule has 1 unspecified atom stereocenters.